The molecule has 2 unspecified atom stereocenters. The van der Waals surface area contributed by atoms with Gasteiger partial charge in [0.1, 0.15) is 6.10 Å². The first-order valence-corrected chi connectivity index (χ1v) is 22.0. The molecule has 0 aliphatic carbocycles. The zero-order valence-electron chi connectivity index (χ0n) is 34.6. The van der Waals surface area contributed by atoms with Crippen LogP contribution >= 0.6 is 0 Å². The molecular weight excluding hydrogens is 638 g/mol. The Morgan fingerprint density at radius 3 is 1.41 bits per heavy atom. The Bertz CT molecular complexity index is 788. The van der Waals surface area contributed by atoms with Gasteiger partial charge in [-0.25, -0.2) is 0 Å². The third-order valence-electron chi connectivity index (χ3n) is 10.0. The molecule has 0 aliphatic rings. The largest absolute Gasteiger partial charge is 0.466 e. The van der Waals surface area contributed by atoms with Crippen molar-refractivity contribution in [3.05, 3.63) is 0 Å². The molecule has 7 heteroatoms. The molecule has 0 amide bonds. The van der Waals surface area contributed by atoms with Crippen LogP contribution in [0.4, 0.5) is 0 Å². The summed E-state index contributed by atoms with van der Waals surface area (Å²) in [6.07, 6.45) is 32.7. The van der Waals surface area contributed by atoms with E-state index in [1.54, 1.807) is 0 Å². The number of carbonyl (C=O) groups is 3. The van der Waals surface area contributed by atoms with Crippen LogP contribution in [-0.4, -0.2) is 62.8 Å². The molecule has 0 heterocycles. The Labute approximate surface area is 316 Å². The number of hydrogen-bond acceptors (Lipinski definition) is 7. The highest BCUT2D eigenvalue weighted by Gasteiger charge is 2.16. The Kier molecular flexibility index (Phi) is 36.9. The van der Waals surface area contributed by atoms with Crippen molar-refractivity contribution in [3.8, 4) is 0 Å². The first kappa shape index (κ1) is 49.4. The maximum atomic E-state index is 12.6. The molecule has 7 nitrogen and oxygen atoms in total. The highest BCUT2D eigenvalue weighted by molar-refractivity contribution is 5.70. The predicted octanol–water partition coefficient (Wildman–Crippen LogP) is 12.3. The lowest BCUT2D eigenvalue weighted by Gasteiger charge is -2.19. The molecule has 0 aromatic rings. The molecule has 0 radical (unpaired) electrons. The third kappa shape index (κ3) is 36.5. The van der Waals surface area contributed by atoms with Crippen molar-refractivity contribution >= 4 is 17.9 Å². The summed E-state index contributed by atoms with van der Waals surface area (Å²) in [7, 11) is 4.04. The summed E-state index contributed by atoms with van der Waals surface area (Å²) in [5, 5.41) is 0. The lowest BCUT2D eigenvalue weighted by atomic mass is 9.95. The van der Waals surface area contributed by atoms with E-state index in [0.717, 1.165) is 90.0 Å². The molecule has 0 rings (SSSR count). The zero-order chi connectivity index (χ0) is 37.6. The second-order valence-electron chi connectivity index (χ2n) is 15.5. The topological polar surface area (TPSA) is 82.1 Å². The van der Waals surface area contributed by atoms with E-state index < -0.39 is 0 Å². The van der Waals surface area contributed by atoms with E-state index in [1.807, 2.05) is 14.1 Å². The average Bonchev–Trinajstić information content (AvgIpc) is 3.10. The van der Waals surface area contributed by atoms with Crippen molar-refractivity contribution in [3.63, 3.8) is 0 Å². The summed E-state index contributed by atoms with van der Waals surface area (Å²) in [5.74, 6) is 0.291. The molecule has 0 N–H and O–H groups in total. The lowest BCUT2D eigenvalue weighted by Crippen LogP contribution is -2.20. The number of nitrogens with zero attached hydrogens (tertiary/aromatic N) is 1. The first-order valence-electron chi connectivity index (χ1n) is 22.0. The van der Waals surface area contributed by atoms with E-state index in [4.69, 9.17) is 14.2 Å². The van der Waals surface area contributed by atoms with Gasteiger partial charge in [0.25, 0.3) is 0 Å². The first-order chi connectivity index (χ1) is 24.8. The van der Waals surface area contributed by atoms with Crippen molar-refractivity contribution < 1.29 is 28.6 Å². The van der Waals surface area contributed by atoms with Gasteiger partial charge in [-0.2, -0.15) is 0 Å². The molecule has 0 bridgehead atoms. The molecule has 0 saturated carbocycles. The smallest absolute Gasteiger partial charge is 0.306 e. The molecule has 0 fully saturated rings. The number of ether oxygens (including phenoxy) is 3. The second kappa shape index (κ2) is 38.1. The summed E-state index contributed by atoms with van der Waals surface area (Å²) in [6.45, 7) is 8.74. The quantitative estimate of drug-likeness (QED) is 0.0355. The third-order valence-corrected chi connectivity index (χ3v) is 10.0. The molecule has 0 aliphatic heterocycles. The van der Waals surface area contributed by atoms with Gasteiger partial charge in [0.05, 0.1) is 13.2 Å². The Hall–Kier alpha value is -1.63. The number of unbranched alkanes of at least 4 members (excludes halogenated alkanes) is 18. The van der Waals surface area contributed by atoms with E-state index in [1.165, 1.54) is 96.3 Å². The fraction of sp³-hybridized carbons (Fsp3) is 0.932. The van der Waals surface area contributed by atoms with Crippen molar-refractivity contribution in [1.82, 2.24) is 4.90 Å². The minimum absolute atomic E-state index is 0.0487. The van der Waals surface area contributed by atoms with Crippen LogP contribution in [0.2, 0.25) is 0 Å². The van der Waals surface area contributed by atoms with Crippen LogP contribution in [0.1, 0.15) is 220 Å². The summed E-state index contributed by atoms with van der Waals surface area (Å²) < 4.78 is 17.1. The molecule has 51 heavy (non-hydrogen) atoms. The number of esters is 3. The van der Waals surface area contributed by atoms with Crippen LogP contribution in [0.15, 0.2) is 0 Å². The van der Waals surface area contributed by atoms with E-state index in [9.17, 15) is 14.4 Å². The highest BCUT2D eigenvalue weighted by atomic mass is 16.5. The maximum absolute atomic E-state index is 12.6. The fourth-order valence-electron chi connectivity index (χ4n) is 6.67. The number of rotatable bonds is 39. The molecule has 0 aromatic carbocycles. The Balaban J connectivity index is 4.33. The molecule has 0 aromatic heterocycles. The van der Waals surface area contributed by atoms with Gasteiger partial charge in [0, 0.05) is 19.3 Å². The minimum atomic E-state index is -0.0951. The van der Waals surface area contributed by atoms with Gasteiger partial charge in [-0.15, -0.1) is 0 Å². The van der Waals surface area contributed by atoms with Gasteiger partial charge in [0.15, 0.2) is 0 Å². The highest BCUT2D eigenvalue weighted by Crippen LogP contribution is 2.20. The van der Waals surface area contributed by atoms with Gasteiger partial charge < -0.3 is 19.1 Å². The summed E-state index contributed by atoms with van der Waals surface area (Å²) in [4.78, 5) is 39.3. The average molecular weight is 724 g/mol. The second-order valence-corrected chi connectivity index (χ2v) is 15.5. The molecule has 2 atom stereocenters. The van der Waals surface area contributed by atoms with Gasteiger partial charge in [-0.1, -0.05) is 136 Å². The molecule has 302 valence electrons. The van der Waals surface area contributed by atoms with Crippen LogP contribution in [0.5, 0.6) is 0 Å². The van der Waals surface area contributed by atoms with Crippen molar-refractivity contribution in [1.29, 1.82) is 0 Å². The normalized spacial score (nSPS) is 12.6. The number of hydrogen-bond donors (Lipinski definition) is 0. The van der Waals surface area contributed by atoms with Crippen LogP contribution in [-0.2, 0) is 28.6 Å². The van der Waals surface area contributed by atoms with Crippen molar-refractivity contribution in [2.45, 2.75) is 226 Å². The van der Waals surface area contributed by atoms with E-state index in [-0.39, 0.29) is 24.0 Å². The fourth-order valence-corrected chi connectivity index (χ4v) is 6.67. The Morgan fingerprint density at radius 1 is 0.451 bits per heavy atom. The SMILES string of the molecule is CCCCCCCCCOC(=O)CCCCCCC(CCCCCCC(=O)OCC(CCCCC)CCCCCCC)OC(=O)CCCN(C)C. The van der Waals surface area contributed by atoms with Crippen LogP contribution in [0, 0.1) is 5.92 Å². The lowest BCUT2D eigenvalue weighted by molar-refractivity contribution is -0.150. The van der Waals surface area contributed by atoms with Gasteiger partial charge in [-0.3, -0.25) is 14.4 Å². The molecular formula is C44H85NO6. The predicted molar refractivity (Wildman–Crippen MR) is 214 cm³/mol. The Morgan fingerprint density at radius 2 is 0.863 bits per heavy atom. The summed E-state index contributed by atoms with van der Waals surface area (Å²) in [6, 6.07) is 0. The minimum Gasteiger partial charge on any atom is -0.466 e. The summed E-state index contributed by atoms with van der Waals surface area (Å²) in [5.41, 5.74) is 0. The van der Waals surface area contributed by atoms with Gasteiger partial charge >= 0.3 is 17.9 Å². The van der Waals surface area contributed by atoms with Crippen molar-refractivity contribution in [2.75, 3.05) is 33.9 Å². The van der Waals surface area contributed by atoms with E-state index in [0.29, 0.717) is 38.4 Å². The molecule has 0 saturated heterocycles. The van der Waals surface area contributed by atoms with E-state index in [2.05, 4.69) is 25.7 Å². The van der Waals surface area contributed by atoms with Gasteiger partial charge in [-0.05, 0) is 90.8 Å². The maximum Gasteiger partial charge on any atom is 0.306 e. The van der Waals surface area contributed by atoms with Crippen LogP contribution in [0.3, 0.4) is 0 Å². The van der Waals surface area contributed by atoms with Gasteiger partial charge in [0.2, 0.25) is 0 Å². The molecule has 0 spiro atoms. The summed E-state index contributed by atoms with van der Waals surface area (Å²) >= 11 is 0. The zero-order valence-corrected chi connectivity index (χ0v) is 34.6. The van der Waals surface area contributed by atoms with E-state index >= 15 is 0 Å². The van der Waals surface area contributed by atoms with Crippen molar-refractivity contribution in [2.24, 2.45) is 5.92 Å². The number of carbonyl (C=O) groups excluding carboxylic acids is 3. The monoisotopic (exact) mass is 724 g/mol. The van der Waals surface area contributed by atoms with Crippen LogP contribution < -0.4 is 0 Å². The van der Waals surface area contributed by atoms with Crippen LogP contribution in [0.25, 0.3) is 0 Å². The standard InChI is InChI=1S/C44H85NO6/c1-6-9-12-14-15-21-28-38-49-42(46)34-26-19-17-24-32-41(51-44(48)36-29-37-45(4)5)33-25-18-20-27-35-43(47)50-39-40(30-22-11-8-3)31-23-16-13-10-7-2/h40-41H,6-39H2,1-5H3.